The lowest BCUT2D eigenvalue weighted by Gasteiger charge is -2.06. The van der Waals surface area contributed by atoms with Crippen molar-refractivity contribution in [1.82, 2.24) is 10.6 Å². The average Bonchev–Trinajstić information content (AvgIpc) is 2.22. The molecule has 2 rings (SSSR count). The Morgan fingerprint density at radius 2 is 2.10 bits per heavy atom. The molecule has 0 saturated carbocycles. The summed E-state index contributed by atoms with van der Waals surface area (Å²) < 4.78 is 0. The lowest BCUT2D eigenvalue weighted by atomic mass is 10.1. The molecule has 2 aliphatic heterocycles. The van der Waals surface area contributed by atoms with Gasteiger partial charge in [-0.15, -0.1) is 0 Å². The first-order valence-electron chi connectivity index (χ1n) is 3.87. The van der Waals surface area contributed by atoms with E-state index in [1.807, 2.05) is 0 Å². The molecule has 0 aromatic carbocycles. The highest BCUT2D eigenvalue weighted by atomic mass is 16.1. The fourth-order valence-corrected chi connectivity index (χ4v) is 1.76. The Balaban J connectivity index is 2.05. The van der Waals surface area contributed by atoms with Crippen molar-refractivity contribution < 1.29 is 4.79 Å². The second-order valence-electron chi connectivity index (χ2n) is 3.15. The molecule has 56 valence electrons. The molecule has 0 radical (unpaired) electrons. The second kappa shape index (κ2) is 2.23. The van der Waals surface area contributed by atoms with Gasteiger partial charge in [0.2, 0.25) is 5.91 Å². The molecule has 0 aromatic heterocycles. The molecule has 2 atom stereocenters. The third-order valence-electron chi connectivity index (χ3n) is 2.31. The summed E-state index contributed by atoms with van der Waals surface area (Å²) in [7, 11) is 0. The zero-order valence-electron chi connectivity index (χ0n) is 5.89. The van der Waals surface area contributed by atoms with Crippen molar-refractivity contribution in [3.63, 3.8) is 0 Å². The third-order valence-corrected chi connectivity index (χ3v) is 2.31. The van der Waals surface area contributed by atoms with Crippen molar-refractivity contribution in [3.05, 3.63) is 0 Å². The van der Waals surface area contributed by atoms with Gasteiger partial charge in [0.05, 0.1) is 0 Å². The predicted molar refractivity (Wildman–Crippen MR) is 37.6 cm³/mol. The van der Waals surface area contributed by atoms with Crippen LogP contribution in [-0.4, -0.2) is 24.5 Å². The lowest BCUT2D eigenvalue weighted by molar-refractivity contribution is -0.121. The summed E-state index contributed by atoms with van der Waals surface area (Å²) in [5.41, 5.74) is 0. The first kappa shape index (κ1) is 6.16. The Labute approximate surface area is 60.2 Å². The van der Waals surface area contributed by atoms with Gasteiger partial charge in [0, 0.05) is 25.0 Å². The van der Waals surface area contributed by atoms with E-state index in [9.17, 15) is 4.79 Å². The zero-order valence-corrected chi connectivity index (χ0v) is 5.89. The highest BCUT2D eigenvalue weighted by Gasteiger charge is 2.28. The number of amides is 1. The summed E-state index contributed by atoms with van der Waals surface area (Å²) >= 11 is 0. The van der Waals surface area contributed by atoms with Gasteiger partial charge in [-0.25, -0.2) is 0 Å². The first-order valence-corrected chi connectivity index (χ1v) is 3.87. The maximum absolute atomic E-state index is 10.9. The number of hydrogen-bond donors (Lipinski definition) is 2. The van der Waals surface area contributed by atoms with Gasteiger partial charge in [-0.05, 0) is 12.8 Å². The molecule has 1 amide bonds. The Hall–Kier alpha value is -0.570. The summed E-state index contributed by atoms with van der Waals surface area (Å²) in [6.45, 7) is 0.829. The Morgan fingerprint density at radius 3 is 3.00 bits per heavy atom. The van der Waals surface area contributed by atoms with Crippen molar-refractivity contribution >= 4 is 5.91 Å². The van der Waals surface area contributed by atoms with E-state index in [0.717, 1.165) is 6.54 Å². The maximum Gasteiger partial charge on any atom is 0.221 e. The van der Waals surface area contributed by atoms with E-state index in [1.165, 1.54) is 12.8 Å². The minimum absolute atomic E-state index is 0.208. The Bertz CT molecular complexity index is 158. The molecule has 0 aromatic rings. The van der Waals surface area contributed by atoms with Crippen molar-refractivity contribution in [2.45, 2.75) is 31.3 Å². The molecule has 2 fully saturated rings. The van der Waals surface area contributed by atoms with Crippen LogP contribution in [0.5, 0.6) is 0 Å². The number of fused-ring (bicyclic) bond motifs is 2. The summed E-state index contributed by atoms with van der Waals surface area (Å²) in [5, 5.41) is 6.27. The molecule has 2 bridgehead atoms. The number of carbonyl (C=O) groups excluding carboxylic acids is 1. The van der Waals surface area contributed by atoms with E-state index in [4.69, 9.17) is 0 Å². The van der Waals surface area contributed by atoms with Gasteiger partial charge < -0.3 is 10.6 Å². The summed E-state index contributed by atoms with van der Waals surface area (Å²) in [5.74, 6) is 0.208. The van der Waals surface area contributed by atoms with Crippen LogP contribution in [0.4, 0.5) is 0 Å². The minimum Gasteiger partial charge on any atom is -0.354 e. The molecule has 2 saturated heterocycles. The smallest absolute Gasteiger partial charge is 0.221 e. The van der Waals surface area contributed by atoms with Crippen LogP contribution in [0.1, 0.15) is 19.3 Å². The maximum atomic E-state index is 10.9. The van der Waals surface area contributed by atoms with E-state index >= 15 is 0 Å². The molecular weight excluding hydrogens is 128 g/mol. The third kappa shape index (κ3) is 1.01. The molecule has 10 heavy (non-hydrogen) atoms. The molecule has 2 heterocycles. The van der Waals surface area contributed by atoms with Crippen LogP contribution in [0.25, 0.3) is 0 Å². The number of rotatable bonds is 0. The average molecular weight is 140 g/mol. The van der Waals surface area contributed by atoms with E-state index in [1.54, 1.807) is 0 Å². The Morgan fingerprint density at radius 1 is 1.30 bits per heavy atom. The number of hydrogen-bond acceptors (Lipinski definition) is 2. The zero-order chi connectivity index (χ0) is 6.97. The quantitative estimate of drug-likeness (QED) is 0.482. The van der Waals surface area contributed by atoms with Crippen LogP contribution in [0, 0.1) is 0 Å². The normalized spacial score (nSPS) is 39.0. The lowest BCUT2D eigenvalue weighted by Crippen LogP contribution is -2.33. The van der Waals surface area contributed by atoms with Gasteiger partial charge in [-0.1, -0.05) is 0 Å². The molecule has 1 unspecified atom stereocenters. The molecule has 3 nitrogen and oxygen atoms in total. The van der Waals surface area contributed by atoms with Crippen molar-refractivity contribution in [3.8, 4) is 0 Å². The molecule has 2 aliphatic rings. The molecule has 2 N–H and O–H groups in total. The van der Waals surface area contributed by atoms with Crippen LogP contribution in [0.2, 0.25) is 0 Å². The highest BCUT2D eigenvalue weighted by molar-refractivity contribution is 5.77. The van der Waals surface area contributed by atoms with Gasteiger partial charge in [-0.2, -0.15) is 0 Å². The van der Waals surface area contributed by atoms with Crippen LogP contribution in [-0.2, 0) is 4.79 Å². The van der Waals surface area contributed by atoms with Crippen LogP contribution < -0.4 is 10.6 Å². The van der Waals surface area contributed by atoms with Crippen LogP contribution in [0.3, 0.4) is 0 Å². The standard InChI is InChI=1S/C7H12N2O/c10-7-3-5-1-2-6(9-5)4-8-7/h5-6,9H,1-4H2,(H,8,10)/t5-,6?/m0/s1. The largest absolute Gasteiger partial charge is 0.354 e. The van der Waals surface area contributed by atoms with Crippen molar-refractivity contribution in [1.29, 1.82) is 0 Å². The molecular formula is C7H12N2O. The van der Waals surface area contributed by atoms with Crippen molar-refractivity contribution in [2.24, 2.45) is 0 Å². The van der Waals surface area contributed by atoms with Gasteiger partial charge in [0.25, 0.3) is 0 Å². The van der Waals surface area contributed by atoms with Gasteiger partial charge >= 0.3 is 0 Å². The topological polar surface area (TPSA) is 41.1 Å². The summed E-state index contributed by atoms with van der Waals surface area (Å²) in [6.07, 6.45) is 3.08. The van der Waals surface area contributed by atoms with Gasteiger partial charge in [-0.3, -0.25) is 4.79 Å². The van der Waals surface area contributed by atoms with E-state index < -0.39 is 0 Å². The minimum atomic E-state index is 0.208. The summed E-state index contributed by atoms with van der Waals surface area (Å²) in [4.78, 5) is 10.9. The molecule has 3 heteroatoms. The van der Waals surface area contributed by atoms with Crippen LogP contribution >= 0.6 is 0 Å². The highest BCUT2D eigenvalue weighted by Crippen LogP contribution is 2.16. The van der Waals surface area contributed by atoms with E-state index in [2.05, 4.69) is 10.6 Å². The van der Waals surface area contributed by atoms with Crippen LogP contribution in [0.15, 0.2) is 0 Å². The van der Waals surface area contributed by atoms with Gasteiger partial charge in [0.15, 0.2) is 0 Å². The Kier molecular flexibility index (Phi) is 1.38. The predicted octanol–water partition coefficient (Wildman–Crippen LogP) is -0.373. The SMILES string of the molecule is O=C1C[C@@H]2CCC(CN1)N2. The first-order chi connectivity index (χ1) is 4.84. The van der Waals surface area contributed by atoms with Crippen molar-refractivity contribution in [2.75, 3.05) is 6.54 Å². The monoisotopic (exact) mass is 140 g/mol. The molecule has 0 aliphatic carbocycles. The number of carbonyl (C=O) groups is 1. The summed E-state index contributed by atoms with van der Waals surface area (Å²) in [6, 6.07) is 1.02. The second-order valence-corrected chi connectivity index (χ2v) is 3.15. The number of nitrogens with one attached hydrogen (secondary N) is 2. The fourth-order valence-electron chi connectivity index (χ4n) is 1.76. The van der Waals surface area contributed by atoms with Gasteiger partial charge in [0.1, 0.15) is 0 Å². The molecule has 0 spiro atoms. The van der Waals surface area contributed by atoms with E-state index in [-0.39, 0.29) is 5.91 Å². The fraction of sp³-hybridized carbons (Fsp3) is 0.857. The van der Waals surface area contributed by atoms with E-state index in [0.29, 0.717) is 18.5 Å².